The zero-order chi connectivity index (χ0) is 10.8. The van der Waals surface area contributed by atoms with E-state index in [-0.39, 0.29) is 6.10 Å². The van der Waals surface area contributed by atoms with Gasteiger partial charge in [-0.3, -0.25) is 0 Å². The Bertz CT molecular complexity index is 316. The summed E-state index contributed by atoms with van der Waals surface area (Å²) in [7, 11) is 0. The van der Waals surface area contributed by atoms with Crippen LogP contribution in [0, 0.1) is 0 Å². The van der Waals surface area contributed by atoms with E-state index in [1.165, 1.54) is 5.69 Å². The van der Waals surface area contributed by atoms with Crippen molar-refractivity contribution in [1.29, 1.82) is 0 Å². The minimum Gasteiger partial charge on any atom is -0.443 e. The zero-order valence-electron chi connectivity index (χ0n) is 9.36. The molecule has 0 bridgehead atoms. The highest BCUT2D eigenvalue weighted by molar-refractivity contribution is 7.13. The number of nitrogens with zero attached hydrogens (tertiary/aromatic N) is 2. The molecule has 0 spiro atoms. The zero-order valence-corrected chi connectivity index (χ0v) is 10.2. The molecule has 1 aliphatic heterocycles. The van der Waals surface area contributed by atoms with E-state index in [1.54, 1.807) is 11.3 Å². The Balaban J connectivity index is 2.03. The van der Waals surface area contributed by atoms with E-state index in [4.69, 9.17) is 5.11 Å². The van der Waals surface area contributed by atoms with Gasteiger partial charge in [-0.25, -0.2) is 4.98 Å². The molecular weight excluding hydrogens is 208 g/mol. The molecule has 0 unspecified atom stereocenters. The Labute approximate surface area is 94.8 Å². The summed E-state index contributed by atoms with van der Waals surface area (Å²) in [5, 5.41) is 11.0. The summed E-state index contributed by atoms with van der Waals surface area (Å²) in [6.45, 7) is 6.35. The fraction of sp³-hybridized carbons (Fsp3) is 0.727. The van der Waals surface area contributed by atoms with Crippen LogP contribution in [0.1, 0.15) is 38.3 Å². The summed E-state index contributed by atoms with van der Waals surface area (Å²) >= 11 is 1.74. The van der Waals surface area contributed by atoms with Crippen LogP contribution in [0.15, 0.2) is 5.38 Å². The van der Waals surface area contributed by atoms with Gasteiger partial charge in [-0.1, -0.05) is 13.8 Å². The van der Waals surface area contributed by atoms with Crippen LogP contribution in [0.3, 0.4) is 0 Å². The largest absolute Gasteiger partial charge is 0.443 e. The molecule has 2 N–H and O–H groups in total. The molecular formula is C11H19N2OS+. The molecule has 3 nitrogen and oxygen atoms in total. The molecule has 0 aromatic carbocycles. The number of rotatable bonds is 2. The predicted molar refractivity (Wildman–Crippen MR) is 65.1 cm³/mol. The van der Waals surface area contributed by atoms with Gasteiger partial charge in [0, 0.05) is 31.3 Å². The Morgan fingerprint density at radius 2 is 2.13 bits per heavy atom. The van der Waals surface area contributed by atoms with E-state index < -0.39 is 0 Å². The van der Waals surface area contributed by atoms with E-state index >= 15 is 0 Å². The lowest BCUT2D eigenvalue weighted by atomic mass is 10.1. The molecule has 4 heteroatoms. The van der Waals surface area contributed by atoms with E-state index in [0.717, 1.165) is 31.1 Å². The third kappa shape index (κ3) is 2.49. The van der Waals surface area contributed by atoms with Crippen molar-refractivity contribution in [1.82, 2.24) is 4.98 Å². The van der Waals surface area contributed by atoms with Crippen molar-refractivity contribution in [3.8, 4) is 0 Å². The third-order valence-corrected chi connectivity index (χ3v) is 3.79. The van der Waals surface area contributed by atoms with Crippen LogP contribution >= 0.6 is 11.3 Å². The Hall–Kier alpha value is -0.610. The molecule has 0 atom stereocenters. The second-order valence-corrected chi connectivity index (χ2v) is 5.31. The van der Waals surface area contributed by atoms with Gasteiger partial charge in [0.2, 0.25) is 0 Å². The van der Waals surface area contributed by atoms with Gasteiger partial charge >= 0.3 is 0 Å². The molecule has 1 aliphatic rings. The number of hydrogen-bond donors (Lipinski definition) is 0. The number of thiazole rings is 1. The van der Waals surface area contributed by atoms with Crippen LogP contribution < -0.4 is 4.90 Å². The monoisotopic (exact) mass is 227 g/mol. The Morgan fingerprint density at radius 1 is 1.47 bits per heavy atom. The molecule has 84 valence electrons. The van der Waals surface area contributed by atoms with Crippen molar-refractivity contribution in [3.05, 3.63) is 11.1 Å². The van der Waals surface area contributed by atoms with Gasteiger partial charge in [-0.05, 0) is 5.92 Å². The minimum absolute atomic E-state index is 0.144. The normalized spacial score (nSPS) is 18.8. The smallest absolute Gasteiger partial charge is 0.185 e. The second-order valence-electron chi connectivity index (χ2n) is 4.47. The summed E-state index contributed by atoms with van der Waals surface area (Å²) < 4.78 is 0. The summed E-state index contributed by atoms with van der Waals surface area (Å²) in [6, 6.07) is 0. The molecule has 0 saturated carbocycles. The maximum atomic E-state index is 7.65. The Kier molecular flexibility index (Phi) is 3.26. The molecule has 2 heterocycles. The first-order valence-electron chi connectivity index (χ1n) is 5.58. The average molecular weight is 227 g/mol. The van der Waals surface area contributed by atoms with Crippen molar-refractivity contribution in [2.45, 2.75) is 38.7 Å². The van der Waals surface area contributed by atoms with Gasteiger partial charge in [0.05, 0.1) is 5.69 Å². The lowest BCUT2D eigenvalue weighted by Gasteiger charge is -2.27. The van der Waals surface area contributed by atoms with Gasteiger partial charge in [0.15, 0.2) is 11.2 Å². The van der Waals surface area contributed by atoms with Crippen molar-refractivity contribution in [2.24, 2.45) is 0 Å². The van der Waals surface area contributed by atoms with Crippen LogP contribution in [-0.2, 0) is 0 Å². The highest BCUT2D eigenvalue weighted by Gasteiger charge is 2.22. The van der Waals surface area contributed by atoms with Gasteiger partial charge < -0.3 is 10.0 Å². The molecule has 1 fully saturated rings. The quantitative estimate of drug-likeness (QED) is 0.724. The first kappa shape index (κ1) is 10.9. The maximum Gasteiger partial charge on any atom is 0.185 e. The van der Waals surface area contributed by atoms with E-state index in [0.29, 0.717) is 5.92 Å². The maximum absolute atomic E-state index is 7.65. The van der Waals surface area contributed by atoms with Crippen molar-refractivity contribution < 1.29 is 5.11 Å². The SMILES string of the molecule is CC(C)c1csc(N2CCC([OH2+])CC2)n1. The van der Waals surface area contributed by atoms with E-state index in [2.05, 4.69) is 29.1 Å². The number of hydrogen-bond acceptors (Lipinski definition) is 3. The molecule has 15 heavy (non-hydrogen) atoms. The standard InChI is InChI=1S/C11H18N2OS/c1-8(2)10-7-15-11(12-10)13-5-3-9(14)4-6-13/h7-9,14H,3-6H2,1-2H3/p+1. The molecule has 0 aliphatic carbocycles. The Morgan fingerprint density at radius 3 is 2.67 bits per heavy atom. The summed E-state index contributed by atoms with van der Waals surface area (Å²) in [5.41, 5.74) is 1.20. The van der Waals surface area contributed by atoms with E-state index in [9.17, 15) is 0 Å². The van der Waals surface area contributed by atoms with Crippen molar-refractivity contribution in [2.75, 3.05) is 18.0 Å². The number of aromatic nitrogens is 1. The van der Waals surface area contributed by atoms with Crippen molar-refractivity contribution in [3.63, 3.8) is 0 Å². The first-order chi connectivity index (χ1) is 7.16. The summed E-state index contributed by atoms with van der Waals surface area (Å²) in [5.74, 6) is 0.517. The lowest BCUT2D eigenvalue weighted by Crippen LogP contribution is -2.35. The number of anilines is 1. The summed E-state index contributed by atoms with van der Waals surface area (Å²) in [4.78, 5) is 6.96. The van der Waals surface area contributed by atoms with Gasteiger partial charge in [0.1, 0.15) is 0 Å². The average Bonchev–Trinajstić information content (AvgIpc) is 2.68. The number of piperidine rings is 1. The van der Waals surface area contributed by atoms with Crippen LogP contribution in [0.4, 0.5) is 5.13 Å². The third-order valence-electron chi connectivity index (χ3n) is 2.87. The molecule has 1 aromatic heterocycles. The second kappa shape index (κ2) is 4.49. The molecule has 1 aromatic rings. The lowest BCUT2D eigenvalue weighted by molar-refractivity contribution is 0.145. The van der Waals surface area contributed by atoms with Crippen LogP contribution in [0.5, 0.6) is 0 Å². The highest BCUT2D eigenvalue weighted by atomic mass is 32.1. The highest BCUT2D eigenvalue weighted by Crippen LogP contribution is 2.26. The van der Waals surface area contributed by atoms with Gasteiger partial charge in [-0.15, -0.1) is 11.3 Å². The van der Waals surface area contributed by atoms with Crippen LogP contribution in [0.2, 0.25) is 0 Å². The van der Waals surface area contributed by atoms with Gasteiger partial charge in [0.25, 0.3) is 0 Å². The minimum atomic E-state index is 0.144. The predicted octanol–water partition coefficient (Wildman–Crippen LogP) is 1.96. The molecule has 0 amide bonds. The van der Waals surface area contributed by atoms with Crippen LogP contribution in [0.25, 0.3) is 0 Å². The van der Waals surface area contributed by atoms with Crippen LogP contribution in [-0.4, -0.2) is 29.3 Å². The summed E-state index contributed by atoms with van der Waals surface area (Å²) in [6.07, 6.45) is 2.11. The molecule has 2 rings (SSSR count). The fourth-order valence-corrected chi connectivity index (χ4v) is 2.80. The first-order valence-corrected chi connectivity index (χ1v) is 6.46. The van der Waals surface area contributed by atoms with Crippen molar-refractivity contribution >= 4 is 16.5 Å². The van der Waals surface area contributed by atoms with E-state index in [1.807, 2.05) is 0 Å². The molecule has 1 saturated heterocycles. The topological polar surface area (TPSA) is 39.0 Å². The molecule has 0 radical (unpaired) electrons. The van der Waals surface area contributed by atoms with Gasteiger partial charge in [-0.2, -0.15) is 0 Å². The fourth-order valence-electron chi connectivity index (χ4n) is 1.76.